The van der Waals surface area contributed by atoms with E-state index >= 15 is 0 Å². The molecular formula is C6H10NO2+. The Hall–Kier alpha value is -0.700. The van der Waals surface area contributed by atoms with Gasteiger partial charge < -0.3 is 0 Å². The van der Waals surface area contributed by atoms with Gasteiger partial charge in [0.05, 0.1) is 14.1 Å². The molecule has 1 aliphatic rings. The Morgan fingerprint density at radius 3 is 2.00 bits per heavy atom. The third kappa shape index (κ3) is 1.00. The molecule has 0 radical (unpaired) electrons. The van der Waals surface area contributed by atoms with Crippen molar-refractivity contribution in [3.63, 3.8) is 0 Å². The molecule has 1 fully saturated rings. The lowest BCUT2D eigenvalue weighted by Gasteiger charge is -2.17. The van der Waals surface area contributed by atoms with Gasteiger partial charge in [-0.15, -0.1) is 0 Å². The van der Waals surface area contributed by atoms with Crippen molar-refractivity contribution in [2.45, 2.75) is 6.42 Å². The van der Waals surface area contributed by atoms with Crippen molar-refractivity contribution in [3.8, 4) is 0 Å². The van der Waals surface area contributed by atoms with E-state index in [2.05, 4.69) is 0 Å². The minimum atomic E-state index is 0.0278. The number of Topliss-reactive ketones (excluding diaryl/α,β-unsaturated/α-hetero) is 1. The summed E-state index contributed by atoms with van der Waals surface area (Å²) in [5, 5.41) is 0. The van der Waals surface area contributed by atoms with Gasteiger partial charge in [0.2, 0.25) is 5.78 Å². The smallest absolute Gasteiger partial charge is 0.293 e. The van der Waals surface area contributed by atoms with Crippen molar-refractivity contribution < 1.29 is 14.1 Å². The SMILES string of the molecule is C[N+]1(C)CC(=O)CC1=O. The minimum absolute atomic E-state index is 0.0278. The number of likely N-dealkylation sites (N-methyl/N-ethyl adjacent to an activating group) is 1. The molecule has 0 atom stereocenters. The van der Waals surface area contributed by atoms with E-state index in [1.165, 1.54) is 0 Å². The second kappa shape index (κ2) is 1.64. The Morgan fingerprint density at radius 2 is 1.89 bits per heavy atom. The van der Waals surface area contributed by atoms with Gasteiger partial charge in [-0.05, 0) is 0 Å². The Balaban J connectivity index is 2.81. The van der Waals surface area contributed by atoms with Crippen molar-refractivity contribution in [2.24, 2.45) is 0 Å². The highest BCUT2D eigenvalue weighted by Crippen LogP contribution is 2.10. The zero-order chi connectivity index (χ0) is 7.07. The first-order valence-electron chi connectivity index (χ1n) is 2.90. The second-order valence-electron chi connectivity index (χ2n) is 2.95. The summed E-state index contributed by atoms with van der Waals surface area (Å²) in [6.45, 7) is 0.374. The summed E-state index contributed by atoms with van der Waals surface area (Å²) in [6, 6.07) is 0. The van der Waals surface area contributed by atoms with Crippen LogP contribution in [0.15, 0.2) is 0 Å². The van der Waals surface area contributed by atoms with E-state index in [1.54, 1.807) is 14.1 Å². The largest absolute Gasteiger partial charge is 0.321 e. The van der Waals surface area contributed by atoms with Gasteiger partial charge in [0.1, 0.15) is 13.0 Å². The number of ketones is 1. The molecule has 0 unspecified atom stereocenters. The molecule has 3 nitrogen and oxygen atoms in total. The van der Waals surface area contributed by atoms with Crippen LogP contribution in [0.4, 0.5) is 0 Å². The fourth-order valence-corrected chi connectivity index (χ4v) is 0.968. The predicted molar refractivity (Wildman–Crippen MR) is 31.6 cm³/mol. The summed E-state index contributed by atoms with van der Waals surface area (Å²) in [5.41, 5.74) is 0. The van der Waals surface area contributed by atoms with Gasteiger partial charge in [0.25, 0.3) is 0 Å². The fourth-order valence-electron chi connectivity index (χ4n) is 0.968. The molecule has 1 aliphatic heterocycles. The molecule has 1 rings (SSSR count). The quantitative estimate of drug-likeness (QED) is 0.327. The lowest BCUT2D eigenvalue weighted by molar-refractivity contribution is -0.799. The Kier molecular flexibility index (Phi) is 1.17. The van der Waals surface area contributed by atoms with E-state index in [4.69, 9.17) is 0 Å². The second-order valence-corrected chi connectivity index (χ2v) is 2.95. The van der Waals surface area contributed by atoms with Crippen molar-refractivity contribution >= 4 is 11.7 Å². The number of quaternary nitrogens is 1. The Labute approximate surface area is 53.9 Å². The zero-order valence-corrected chi connectivity index (χ0v) is 5.68. The number of likely N-dealkylation sites (tertiary alicyclic amines) is 1. The molecule has 1 amide bonds. The Morgan fingerprint density at radius 1 is 1.33 bits per heavy atom. The fraction of sp³-hybridized carbons (Fsp3) is 0.667. The summed E-state index contributed by atoms with van der Waals surface area (Å²) in [6.07, 6.45) is 0.132. The van der Waals surface area contributed by atoms with Gasteiger partial charge in [-0.3, -0.25) is 9.28 Å². The van der Waals surface area contributed by atoms with Gasteiger partial charge in [0, 0.05) is 0 Å². The van der Waals surface area contributed by atoms with Crippen molar-refractivity contribution in [1.29, 1.82) is 0 Å². The lowest BCUT2D eigenvalue weighted by atomic mass is 10.3. The number of nitrogens with zero attached hydrogens (tertiary/aromatic N) is 1. The van der Waals surface area contributed by atoms with Crippen molar-refractivity contribution in [2.75, 3.05) is 20.6 Å². The molecule has 3 heteroatoms. The molecule has 9 heavy (non-hydrogen) atoms. The number of carbonyl (C=O) groups excluding carboxylic acids is 2. The van der Waals surface area contributed by atoms with Gasteiger partial charge in [-0.25, -0.2) is 4.79 Å². The van der Waals surface area contributed by atoms with E-state index in [0.29, 0.717) is 6.54 Å². The molecule has 0 aliphatic carbocycles. The summed E-state index contributed by atoms with van der Waals surface area (Å²) in [7, 11) is 3.51. The van der Waals surface area contributed by atoms with Crippen LogP contribution in [0.25, 0.3) is 0 Å². The zero-order valence-electron chi connectivity index (χ0n) is 5.68. The van der Waals surface area contributed by atoms with E-state index in [0.717, 1.165) is 0 Å². The average Bonchev–Trinajstić information content (AvgIpc) is 1.79. The van der Waals surface area contributed by atoms with Crippen LogP contribution in [-0.2, 0) is 9.59 Å². The van der Waals surface area contributed by atoms with Crippen LogP contribution in [0.5, 0.6) is 0 Å². The topological polar surface area (TPSA) is 34.1 Å². The average molecular weight is 128 g/mol. The normalized spacial score (nSPS) is 25.1. The summed E-state index contributed by atoms with van der Waals surface area (Å²) in [4.78, 5) is 21.5. The molecule has 1 heterocycles. The highest BCUT2D eigenvalue weighted by molar-refractivity contribution is 6.00. The molecule has 0 aromatic heterocycles. The molecule has 50 valence electrons. The van der Waals surface area contributed by atoms with Crippen molar-refractivity contribution in [3.05, 3.63) is 0 Å². The van der Waals surface area contributed by atoms with E-state index in [9.17, 15) is 9.59 Å². The number of carbonyl (C=O) groups is 2. The first kappa shape index (κ1) is 6.42. The summed E-state index contributed by atoms with van der Waals surface area (Å²) in [5.74, 6) is 0.0880. The third-order valence-electron chi connectivity index (χ3n) is 1.60. The van der Waals surface area contributed by atoms with Gasteiger partial charge in [-0.2, -0.15) is 0 Å². The molecule has 0 bridgehead atoms. The predicted octanol–water partition coefficient (Wildman–Crippen LogP) is -0.438. The van der Waals surface area contributed by atoms with Crippen molar-refractivity contribution in [1.82, 2.24) is 0 Å². The molecule has 0 N–H and O–H groups in total. The van der Waals surface area contributed by atoms with Crippen LogP contribution < -0.4 is 0 Å². The van der Waals surface area contributed by atoms with E-state index < -0.39 is 0 Å². The van der Waals surface area contributed by atoms with Crippen LogP contribution >= 0.6 is 0 Å². The maximum absolute atomic E-state index is 10.9. The monoisotopic (exact) mass is 128 g/mol. The van der Waals surface area contributed by atoms with Gasteiger partial charge in [-0.1, -0.05) is 0 Å². The minimum Gasteiger partial charge on any atom is -0.293 e. The summed E-state index contributed by atoms with van der Waals surface area (Å²) >= 11 is 0. The van der Waals surface area contributed by atoms with E-state index in [1.807, 2.05) is 0 Å². The molecule has 0 saturated carbocycles. The number of amides is 1. The van der Waals surface area contributed by atoms with Crippen LogP contribution in [0.1, 0.15) is 6.42 Å². The van der Waals surface area contributed by atoms with Crippen LogP contribution in [0.3, 0.4) is 0 Å². The van der Waals surface area contributed by atoms with Crippen LogP contribution in [0, 0.1) is 0 Å². The Bertz CT molecular complexity index is 172. The molecule has 0 aromatic carbocycles. The van der Waals surface area contributed by atoms with Gasteiger partial charge in [0.15, 0.2) is 0 Å². The maximum Gasteiger partial charge on any atom is 0.321 e. The van der Waals surface area contributed by atoms with Crippen LogP contribution in [0.2, 0.25) is 0 Å². The number of hydrogen-bond donors (Lipinski definition) is 0. The standard InChI is InChI=1S/C6H10NO2/c1-7(2)4-5(8)3-6(7)9/h3-4H2,1-2H3/q+1. The van der Waals surface area contributed by atoms with Gasteiger partial charge >= 0.3 is 5.91 Å². The number of hydrogen-bond acceptors (Lipinski definition) is 2. The molecule has 1 saturated heterocycles. The summed E-state index contributed by atoms with van der Waals surface area (Å²) < 4.78 is 0.235. The highest BCUT2D eigenvalue weighted by Gasteiger charge is 2.38. The third-order valence-corrected chi connectivity index (χ3v) is 1.60. The first-order chi connectivity index (χ1) is 4.02. The maximum atomic E-state index is 10.9. The lowest BCUT2D eigenvalue weighted by Crippen LogP contribution is -2.40. The first-order valence-corrected chi connectivity index (χ1v) is 2.90. The molecular weight excluding hydrogens is 118 g/mol. The van der Waals surface area contributed by atoms with Crippen LogP contribution in [-0.4, -0.2) is 36.8 Å². The van der Waals surface area contributed by atoms with E-state index in [-0.39, 0.29) is 22.6 Å². The molecule has 0 spiro atoms. The molecule has 0 aromatic rings. The number of rotatable bonds is 0. The highest BCUT2D eigenvalue weighted by atomic mass is 16.2.